The van der Waals surface area contributed by atoms with Crippen LogP contribution in [0.2, 0.25) is 0 Å². The van der Waals surface area contributed by atoms with Gasteiger partial charge in [0.25, 0.3) is 5.91 Å². The number of likely N-dealkylation sites (N-methyl/N-ethyl adjacent to an activating group) is 1. The number of nitrogens with one attached hydrogen (secondary N) is 1. The van der Waals surface area contributed by atoms with Crippen LogP contribution in [0.4, 0.5) is 29.2 Å². The van der Waals surface area contributed by atoms with Crippen LogP contribution in [0, 0.1) is 5.82 Å². The Hall–Kier alpha value is -4.06. The van der Waals surface area contributed by atoms with Crippen molar-refractivity contribution < 1.29 is 22.4 Å². The fourth-order valence-electron chi connectivity index (χ4n) is 4.77. The molecule has 0 aliphatic carbocycles. The molecule has 1 aliphatic rings. The Labute approximate surface area is 215 Å². The van der Waals surface area contributed by atoms with Gasteiger partial charge in [0.15, 0.2) is 0 Å². The normalized spacial score (nSPS) is 18.6. The number of amides is 1. The van der Waals surface area contributed by atoms with Gasteiger partial charge in [0, 0.05) is 42.7 Å². The number of rotatable bonds is 4. The van der Waals surface area contributed by atoms with Crippen LogP contribution in [0.3, 0.4) is 0 Å². The molecular weight excluding hydrogens is 502 g/mol. The predicted molar refractivity (Wildman–Crippen MR) is 134 cm³/mol. The van der Waals surface area contributed by atoms with Crippen LogP contribution in [-0.2, 0) is 6.18 Å². The summed E-state index contributed by atoms with van der Waals surface area (Å²) in [6, 6.07) is 5.85. The number of nitrogens with two attached hydrogens (primary N) is 1. The number of imidazole rings is 1. The first-order chi connectivity index (χ1) is 18.0. The third-order valence-electron chi connectivity index (χ3n) is 6.99. The third kappa shape index (κ3) is 4.78. The molecule has 1 saturated heterocycles. The molecule has 5 rings (SSSR count). The van der Waals surface area contributed by atoms with E-state index in [1.807, 2.05) is 4.40 Å². The molecule has 0 spiro atoms. The summed E-state index contributed by atoms with van der Waals surface area (Å²) in [6.45, 7) is 2.98. The Morgan fingerprint density at radius 1 is 1.13 bits per heavy atom. The fraction of sp³-hybridized carbons (Fsp3) is 0.308. The van der Waals surface area contributed by atoms with Crippen molar-refractivity contribution in [3.63, 3.8) is 0 Å². The van der Waals surface area contributed by atoms with Crippen LogP contribution in [0.15, 0.2) is 48.9 Å². The number of carbonyl (C=O) groups is 1. The number of fused-ring (bicyclic) bond motifs is 1. The maximum Gasteiger partial charge on any atom is 0.416 e. The van der Waals surface area contributed by atoms with Crippen molar-refractivity contribution in [2.75, 3.05) is 24.6 Å². The molecule has 2 atom stereocenters. The maximum absolute atomic E-state index is 15.2. The van der Waals surface area contributed by atoms with E-state index in [0.717, 1.165) is 43.5 Å². The highest BCUT2D eigenvalue weighted by Crippen LogP contribution is 2.35. The zero-order valence-electron chi connectivity index (χ0n) is 20.6. The van der Waals surface area contributed by atoms with Crippen LogP contribution >= 0.6 is 0 Å². The highest BCUT2D eigenvalue weighted by molar-refractivity contribution is 6.04. The summed E-state index contributed by atoms with van der Waals surface area (Å²) in [6.07, 6.45) is 1.61. The van der Waals surface area contributed by atoms with E-state index in [0.29, 0.717) is 28.9 Å². The van der Waals surface area contributed by atoms with Gasteiger partial charge in [-0.25, -0.2) is 19.3 Å². The van der Waals surface area contributed by atoms with E-state index >= 15 is 4.39 Å². The molecule has 0 radical (unpaired) electrons. The van der Waals surface area contributed by atoms with Crippen molar-refractivity contribution >= 4 is 23.1 Å². The maximum atomic E-state index is 15.2. The smallest absolute Gasteiger partial charge is 0.382 e. The number of benzene rings is 1. The predicted octanol–water partition coefficient (Wildman–Crippen LogP) is 4.98. The van der Waals surface area contributed by atoms with Gasteiger partial charge < -0.3 is 16.0 Å². The molecule has 4 aromatic rings. The first-order valence-electron chi connectivity index (χ1n) is 12.0. The molecule has 3 aromatic heterocycles. The van der Waals surface area contributed by atoms with Gasteiger partial charge in [0.05, 0.1) is 11.1 Å². The summed E-state index contributed by atoms with van der Waals surface area (Å²) < 4.78 is 56.0. The van der Waals surface area contributed by atoms with Crippen molar-refractivity contribution in [3.8, 4) is 11.3 Å². The minimum atomic E-state index is -4.61. The van der Waals surface area contributed by atoms with Gasteiger partial charge in [-0.05, 0) is 51.1 Å². The quantitative estimate of drug-likeness (QED) is 0.363. The van der Waals surface area contributed by atoms with E-state index in [1.165, 1.54) is 12.1 Å². The number of carbonyl (C=O) groups excluding carboxylic acids is 1. The number of pyridine rings is 1. The second-order valence-electron chi connectivity index (χ2n) is 9.49. The lowest BCUT2D eigenvalue weighted by molar-refractivity contribution is -0.137. The van der Waals surface area contributed by atoms with Gasteiger partial charge in [-0.3, -0.25) is 9.20 Å². The van der Waals surface area contributed by atoms with Crippen molar-refractivity contribution in [1.82, 2.24) is 24.3 Å². The number of anilines is 2. The minimum absolute atomic E-state index is 0.133. The molecule has 0 saturated carbocycles. The van der Waals surface area contributed by atoms with Gasteiger partial charge in [0.1, 0.15) is 34.5 Å². The van der Waals surface area contributed by atoms with E-state index in [9.17, 15) is 18.0 Å². The molecule has 2 unspecified atom stereocenters. The molecule has 0 bridgehead atoms. The van der Waals surface area contributed by atoms with Crippen LogP contribution in [0.5, 0.6) is 0 Å². The van der Waals surface area contributed by atoms with Gasteiger partial charge in [-0.2, -0.15) is 13.2 Å². The lowest BCUT2D eigenvalue weighted by Gasteiger charge is -2.34. The van der Waals surface area contributed by atoms with Gasteiger partial charge in [0.2, 0.25) is 0 Å². The second kappa shape index (κ2) is 9.67. The number of nitrogen functional groups attached to an aromatic ring is 1. The first kappa shape index (κ1) is 25.6. The van der Waals surface area contributed by atoms with Crippen molar-refractivity contribution in [3.05, 3.63) is 71.7 Å². The summed E-state index contributed by atoms with van der Waals surface area (Å²) in [5, 5.41) is 2.22. The Morgan fingerprint density at radius 2 is 1.92 bits per heavy atom. The van der Waals surface area contributed by atoms with Crippen molar-refractivity contribution in [2.24, 2.45) is 0 Å². The molecule has 3 N–H and O–H groups in total. The van der Waals surface area contributed by atoms with Crippen molar-refractivity contribution in [1.29, 1.82) is 0 Å². The van der Waals surface area contributed by atoms with E-state index in [4.69, 9.17) is 10.7 Å². The van der Waals surface area contributed by atoms with Gasteiger partial charge in [-0.15, -0.1) is 0 Å². The average molecular weight is 528 g/mol. The lowest BCUT2D eigenvalue weighted by Crippen LogP contribution is -2.38. The highest BCUT2D eigenvalue weighted by atomic mass is 19.4. The number of alkyl halides is 3. The van der Waals surface area contributed by atoms with Crippen LogP contribution in [0.25, 0.3) is 16.8 Å². The topological polar surface area (TPSA) is 101 Å². The molecular formula is C26H25F4N7O. The molecule has 12 heteroatoms. The molecule has 1 amide bonds. The summed E-state index contributed by atoms with van der Waals surface area (Å²) in [7, 11) is 2.07. The Kier molecular flexibility index (Phi) is 6.51. The molecule has 1 fully saturated rings. The average Bonchev–Trinajstić information content (AvgIpc) is 3.26. The third-order valence-corrected chi connectivity index (χ3v) is 6.99. The summed E-state index contributed by atoms with van der Waals surface area (Å²) in [5.74, 6) is -0.990. The number of hydrogen-bond acceptors (Lipinski definition) is 6. The highest BCUT2D eigenvalue weighted by Gasteiger charge is 2.31. The van der Waals surface area contributed by atoms with Gasteiger partial charge in [-0.1, -0.05) is 6.07 Å². The molecule has 1 aliphatic heterocycles. The summed E-state index contributed by atoms with van der Waals surface area (Å²) in [4.78, 5) is 27.7. The number of aromatic nitrogens is 4. The van der Waals surface area contributed by atoms with Crippen LogP contribution in [-0.4, -0.2) is 49.8 Å². The fourth-order valence-corrected chi connectivity index (χ4v) is 4.77. The molecule has 198 valence electrons. The Bertz CT molecular complexity index is 1520. The van der Waals surface area contributed by atoms with Crippen molar-refractivity contribution in [2.45, 2.75) is 37.9 Å². The van der Waals surface area contributed by atoms with Crippen LogP contribution < -0.4 is 11.1 Å². The molecule has 38 heavy (non-hydrogen) atoms. The Balaban J connectivity index is 1.47. The van der Waals surface area contributed by atoms with Crippen LogP contribution in [0.1, 0.15) is 47.4 Å². The number of piperidine rings is 1. The Morgan fingerprint density at radius 3 is 2.63 bits per heavy atom. The van der Waals surface area contributed by atoms with E-state index in [2.05, 4.69) is 34.2 Å². The molecule has 4 heterocycles. The monoisotopic (exact) mass is 527 g/mol. The standard InChI is InChI=1S/C26H25F4N7O/c1-14-3-4-16(13-36(14)2)24-35-21(22-23(31)33-9-10-37(22)24)15-5-6-18(19(27)11-15)25(38)34-20-12-17(7-8-32-20)26(28,29)30/h5-12,14,16H,3-4,13H2,1-2H3,(H2,31,33)(H,32,34,38). The molecule has 8 nitrogen and oxygen atoms in total. The number of likely N-dealkylation sites (tertiary alicyclic amines) is 1. The summed E-state index contributed by atoms with van der Waals surface area (Å²) >= 11 is 0. The minimum Gasteiger partial charge on any atom is -0.382 e. The molecule has 1 aromatic carbocycles. The van der Waals surface area contributed by atoms with E-state index < -0.39 is 23.5 Å². The van der Waals surface area contributed by atoms with E-state index in [-0.39, 0.29) is 23.1 Å². The lowest BCUT2D eigenvalue weighted by atomic mass is 9.93. The number of hydrogen-bond donors (Lipinski definition) is 2. The largest absolute Gasteiger partial charge is 0.416 e. The number of nitrogens with zero attached hydrogens (tertiary/aromatic N) is 5. The van der Waals surface area contributed by atoms with Gasteiger partial charge >= 0.3 is 6.18 Å². The zero-order chi connectivity index (χ0) is 27.2. The second-order valence-corrected chi connectivity index (χ2v) is 9.49. The first-order valence-corrected chi connectivity index (χ1v) is 12.0. The zero-order valence-corrected chi connectivity index (χ0v) is 20.6. The summed E-state index contributed by atoms with van der Waals surface area (Å²) in [5.41, 5.74) is 6.22. The number of halogens is 4. The SMILES string of the molecule is CC1CCC(c2nc(-c3ccc(C(=O)Nc4cc(C(F)(F)F)ccn4)c(F)c3)c3c(N)nccn23)CN1C. The van der Waals surface area contributed by atoms with E-state index in [1.54, 1.807) is 12.4 Å².